The van der Waals surface area contributed by atoms with Crippen LogP contribution in [0.5, 0.6) is 0 Å². The van der Waals surface area contributed by atoms with Gasteiger partial charge in [-0.1, -0.05) is 54.1 Å². The molecular weight excluding hydrogens is 284 g/mol. The van der Waals surface area contributed by atoms with Crippen molar-refractivity contribution < 1.29 is 9.90 Å². The van der Waals surface area contributed by atoms with Gasteiger partial charge >= 0.3 is 0 Å². The number of carbonyl (C=O) groups is 1. The molecule has 2 nitrogen and oxygen atoms in total. The Hall–Kier alpha value is -1.93. The van der Waals surface area contributed by atoms with Crippen molar-refractivity contribution in [2.24, 2.45) is 5.92 Å². The third kappa shape index (κ3) is 2.33. The largest absolute Gasteiger partial charge is 0.384 e. The zero-order chi connectivity index (χ0) is 16.0. The molecule has 0 aliphatic heterocycles. The van der Waals surface area contributed by atoms with Crippen LogP contribution in [0.3, 0.4) is 0 Å². The number of hydrogen-bond donors (Lipinski definition) is 1. The van der Waals surface area contributed by atoms with Crippen molar-refractivity contribution in [1.29, 1.82) is 0 Å². The maximum atomic E-state index is 12.4. The average molecular weight is 306 g/mol. The number of ketones is 1. The monoisotopic (exact) mass is 306 g/mol. The zero-order valence-corrected chi connectivity index (χ0v) is 13.5. The first-order chi connectivity index (χ1) is 11.1. The molecule has 0 spiro atoms. The van der Waals surface area contributed by atoms with Gasteiger partial charge in [-0.25, -0.2) is 0 Å². The standard InChI is InChI=1S/C21H22O2/c1-14-6-9-16(10-7-14)21(23)13-17(22)12-19-18-5-3-2-4-15(18)8-11-20(19)21/h2-7,9-10,19-20,23H,8,11-13H2,1H3/t19-,20-,21-/m0/s1. The number of fused-ring (bicyclic) bond motifs is 3. The van der Waals surface area contributed by atoms with Gasteiger partial charge < -0.3 is 5.11 Å². The van der Waals surface area contributed by atoms with E-state index >= 15 is 0 Å². The number of hydrogen-bond acceptors (Lipinski definition) is 2. The minimum absolute atomic E-state index is 0.123. The second-order valence-corrected chi connectivity index (χ2v) is 7.16. The fourth-order valence-electron chi connectivity index (χ4n) is 4.58. The third-order valence-electron chi connectivity index (χ3n) is 5.74. The van der Waals surface area contributed by atoms with Gasteiger partial charge in [0.1, 0.15) is 5.78 Å². The Morgan fingerprint density at radius 2 is 1.83 bits per heavy atom. The lowest BCUT2D eigenvalue weighted by Crippen LogP contribution is -2.47. The Labute approximate surface area is 137 Å². The number of Topliss-reactive ketones (excluding diaryl/α,β-unsaturated/α-hetero) is 1. The van der Waals surface area contributed by atoms with Crippen molar-refractivity contribution in [3.8, 4) is 0 Å². The number of benzene rings is 2. The van der Waals surface area contributed by atoms with Gasteiger partial charge in [-0.05, 0) is 48.3 Å². The van der Waals surface area contributed by atoms with Crippen molar-refractivity contribution >= 4 is 5.78 Å². The molecule has 2 heteroatoms. The highest BCUT2D eigenvalue weighted by atomic mass is 16.3. The van der Waals surface area contributed by atoms with E-state index in [1.54, 1.807) is 0 Å². The van der Waals surface area contributed by atoms with Crippen LogP contribution in [0.1, 0.15) is 47.4 Å². The second kappa shape index (κ2) is 5.31. The highest BCUT2D eigenvalue weighted by Gasteiger charge is 2.50. The molecule has 0 heterocycles. The summed E-state index contributed by atoms with van der Waals surface area (Å²) in [6, 6.07) is 16.4. The first-order valence-electron chi connectivity index (χ1n) is 8.47. The molecular formula is C21H22O2. The lowest BCUT2D eigenvalue weighted by molar-refractivity contribution is -0.137. The molecule has 0 radical (unpaired) electrons. The summed E-state index contributed by atoms with van der Waals surface area (Å²) in [6.45, 7) is 2.04. The van der Waals surface area contributed by atoms with E-state index in [4.69, 9.17) is 0 Å². The summed E-state index contributed by atoms with van der Waals surface area (Å²) in [6.07, 6.45) is 2.74. The van der Waals surface area contributed by atoms with E-state index in [0.717, 1.165) is 18.4 Å². The molecule has 118 valence electrons. The summed E-state index contributed by atoms with van der Waals surface area (Å²) < 4.78 is 0. The van der Waals surface area contributed by atoms with Crippen LogP contribution in [0.25, 0.3) is 0 Å². The predicted octanol–water partition coefficient (Wildman–Crippen LogP) is 3.89. The molecule has 0 amide bonds. The first kappa shape index (κ1) is 14.6. The Morgan fingerprint density at radius 1 is 1.09 bits per heavy atom. The fraction of sp³-hybridized carbons (Fsp3) is 0.381. The molecule has 3 atom stereocenters. The summed E-state index contributed by atoms with van der Waals surface area (Å²) in [5, 5.41) is 11.5. The molecule has 0 unspecified atom stereocenters. The lowest BCUT2D eigenvalue weighted by Gasteiger charge is -2.47. The Morgan fingerprint density at radius 3 is 2.61 bits per heavy atom. The van der Waals surface area contributed by atoms with Gasteiger partial charge in [0, 0.05) is 12.8 Å². The number of aryl methyl sites for hydroxylation is 2. The highest BCUT2D eigenvalue weighted by molar-refractivity contribution is 5.82. The van der Waals surface area contributed by atoms with E-state index in [9.17, 15) is 9.90 Å². The lowest BCUT2D eigenvalue weighted by atomic mass is 9.59. The van der Waals surface area contributed by atoms with Gasteiger partial charge in [0.15, 0.2) is 0 Å². The number of aliphatic hydroxyl groups is 1. The predicted molar refractivity (Wildman–Crippen MR) is 90.3 cm³/mol. The maximum Gasteiger partial charge on any atom is 0.136 e. The zero-order valence-electron chi connectivity index (χ0n) is 13.5. The number of carbonyl (C=O) groups excluding carboxylic acids is 1. The van der Waals surface area contributed by atoms with E-state index in [2.05, 4.69) is 18.2 Å². The van der Waals surface area contributed by atoms with Crippen molar-refractivity contribution in [2.75, 3.05) is 0 Å². The van der Waals surface area contributed by atoms with Crippen molar-refractivity contribution in [3.05, 3.63) is 70.8 Å². The normalized spacial score (nSPS) is 29.7. The van der Waals surface area contributed by atoms with Gasteiger partial charge in [0.2, 0.25) is 0 Å². The van der Waals surface area contributed by atoms with Crippen molar-refractivity contribution in [2.45, 2.75) is 44.1 Å². The smallest absolute Gasteiger partial charge is 0.136 e. The molecule has 1 fully saturated rings. The van der Waals surface area contributed by atoms with Gasteiger partial charge in [0.25, 0.3) is 0 Å². The van der Waals surface area contributed by atoms with Crippen LogP contribution in [0.4, 0.5) is 0 Å². The van der Waals surface area contributed by atoms with Crippen LogP contribution in [0.2, 0.25) is 0 Å². The summed E-state index contributed by atoms with van der Waals surface area (Å²) in [7, 11) is 0. The van der Waals surface area contributed by atoms with E-state index in [1.165, 1.54) is 16.7 Å². The van der Waals surface area contributed by atoms with Gasteiger partial charge in [-0.15, -0.1) is 0 Å². The summed E-state index contributed by atoms with van der Waals surface area (Å²) in [4.78, 5) is 12.4. The summed E-state index contributed by atoms with van der Waals surface area (Å²) in [5.74, 6) is 0.441. The molecule has 0 aromatic heterocycles. The summed E-state index contributed by atoms with van der Waals surface area (Å²) >= 11 is 0. The van der Waals surface area contributed by atoms with E-state index < -0.39 is 5.60 Å². The molecule has 23 heavy (non-hydrogen) atoms. The topological polar surface area (TPSA) is 37.3 Å². The third-order valence-corrected chi connectivity index (χ3v) is 5.74. The molecule has 1 saturated carbocycles. The Balaban J connectivity index is 1.80. The van der Waals surface area contributed by atoms with Crippen LogP contribution >= 0.6 is 0 Å². The average Bonchev–Trinajstić information content (AvgIpc) is 2.55. The van der Waals surface area contributed by atoms with Crippen LogP contribution in [0, 0.1) is 12.8 Å². The van der Waals surface area contributed by atoms with E-state index in [1.807, 2.05) is 37.3 Å². The van der Waals surface area contributed by atoms with E-state index in [0.29, 0.717) is 6.42 Å². The van der Waals surface area contributed by atoms with Crippen LogP contribution in [-0.2, 0) is 16.8 Å². The second-order valence-electron chi connectivity index (χ2n) is 7.16. The molecule has 1 N–H and O–H groups in total. The SMILES string of the molecule is Cc1ccc([C@@]2(O)CC(=O)C[C@H]3c4ccccc4CC[C@@H]32)cc1. The molecule has 0 bridgehead atoms. The van der Waals surface area contributed by atoms with Crippen molar-refractivity contribution in [3.63, 3.8) is 0 Å². The van der Waals surface area contributed by atoms with Gasteiger partial charge in [-0.3, -0.25) is 4.79 Å². The van der Waals surface area contributed by atoms with Gasteiger partial charge in [0.05, 0.1) is 5.60 Å². The minimum Gasteiger partial charge on any atom is -0.384 e. The Bertz CT molecular complexity index is 747. The molecule has 2 aromatic carbocycles. The first-order valence-corrected chi connectivity index (χ1v) is 8.47. The molecule has 2 aliphatic carbocycles. The molecule has 2 aliphatic rings. The fourth-order valence-corrected chi connectivity index (χ4v) is 4.58. The maximum absolute atomic E-state index is 12.4. The van der Waals surface area contributed by atoms with Gasteiger partial charge in [-0.2, -0.15) is 0 Å². The molecule has 0 saturated heterocycles. The van der Waals surface area contributed by atoms with Crippen LogP contribution in [0.15, 0.2) is 48.5 Å². The minimum atomic E-state index is -1.03. The Kier molecular flexibility index (Phi) is 3.38. The number of rotatable bonds is 1. The van der Waals surface area contributed by atoms with Crippen molar-refractivity contribution in [1.82, 2.24) is 0 Å². The molecule has 2 aromatic rings. The molecule has 4 rings (SSSR count). The summed E-state index contributed by atoms with van der Waals surface area (Å²) in [5.41, 5.74) is 3.65. The highest BCUT2D eigenvalue weighted by Crippen LogP contribution is 2.52. The van der Waals surface area contributed by atoms with Crippen LogP contribution in [-0.4, -0.2) is 10.9 Å². The van der Waals surface area contributed by atoms with E-state index in [-0.39, 0.29) is 24.0 Å². The quantitative estimate of drug-likeness (QED) is 0.868. The van der Waals surface area contributed by atoms with Crippen LogP contribution < -0.4 is 0 Å².